The van der Waals surface area contributed by atoms with Gasteiger partial charge < -0.3 is 19.3 Å². The summed E-state index contributed by atoms with van der Waals surface area (Å²) >= 11 is 0. The van der Waals surface area contributed by atoms with Crippen molar-refractivity contribution in [2.24, 2.45) is 0 Å². The van der Waals surface area contributed by atoms with E-state index in [9.17, 15) is 19.7 Å². The summed E-state index contributed by atoms with van der Waals surface area (Å²) in [6.07, 6.45) is 0.619. The summed E-state index contributed by atoms with van der Waals surface area (Å²) in [5, 5.41) is 10.7. The van der Waals surface area contributed by atoms with Crippen molar-refractivity contribution in [1.29, 1.82) is 0 Å². The van der Waals surface area contributed by atoms with Crippen molar-refractivity contribution >= 4 is 17.5 Å². The molecule has 0 spiro atoms. The van der Waals surface area contributed by atoms with Crippen molar-refractivity contribution in [3.63, 3.8) is 0 Å². The molecule has 2 fully saturated rings. The number of nitro benzene ring substituents is 1. The van der Waals surface area contributed by atoms with Gasteiger partial charge in [-0.05, 0) is 31.9 Å². The van der Waals surface area contributed by atoms with Crippen LogP contribution < -0.4 is 4.74 Å². The number of non-ortho nitro benzene ring substituents is 1. The lowest BCUT2D eigenvalue weighted by atomic mass is 10.2. The van der Waals surface area contributed by atoms with E-state index in [0.29, 0.717) is 38.5 Å². The molecule has 0 bridgehead atoms. The second kappa shape index (κ2) is 8.34. The number of hydrogen-bond donors (Lipinski definition) is 0. The number of hydrogen-bond acceptors (Lipinski definition) is 6. The van der Waals surface area contributed by atoms with E-state index in [4.69, 9.17) is 9.47 Å². The van der Waals surface area contributed by atoms with Gasteiger partial charge in [-0.25, -0.2) is 0 Å². The third-order valence-corrected chi connectivity index (χ3v) is 4.82. The van der Waals surface area contributed by atoms with E-state index in [1.807, 2.05) is 0 Å². The smallest absolute Gasteiger partial charge is 0.269 e. The van der Waals surface area contributed by atoms with E-state index in [1.54, 1.807) is 16.7 Å². The second-order valence-corrected chi connectivity index (χ2v) is 6.66. The van der Waals surface area contributed by atoms with E-state index in [-0.39, 0.29) is 23.6 Å². The number of benzene rings is 1. The quantitative estimate of drug-likeness (QED) is 0.565. The Bertz CT molecular complexity index is 694. The van der Waals surface area contributed by atoms with Crippen LogP contribution in [0.1, 0.15) is 19.8 Å². The minimum absolute atomic E-state index is 0.00905. The van der Waals surface area contributed by atoms with E-state index in [1.165, 1.54) is 24.3 Å². The van der Waals surface area contributed by atoms with Gasteiger partial charge >= 0.3 is 0 Å². The van der Waals surface area contributed by atoms with Crippen molar-refractivity contribution in [3.8, 4) is 5.75 Å². The van der Waals surface area contributed by atoms with Crippen LogP contribution in [0.15, 0.2) is 24.3 Å². The van der Waals surface area contributed by atoms with Crippen LogP contribution in [0, 0.1) is 10.1 Å². The van der Waals surface area contributed by atoms with Crippen LogP contribution in [0.5, 0.6) is 5.75 Å². The van der Waals surface area contributed by atoms with Crippen molar-refractivity contribution in [1.82, 2.24) is 9.80 Å². The zero-order chi connectivity index (χ0) is 19.4. The molecular weight excluding hydrogens is 354 g/mol. The van der Waals surface area contributed by atoms with Gasteiger partial charge in [-0.15, -0.1) is 0 Å². The Hall–Kier alpha value is -2.68. The lowest BCUT2D eigenvalue weighted by Gasteiger charge is -2.36. The summed E-state index contributed by atoms with van der Waals surface area (Å²) in [5.74, 6) is 0.237. The molecule has 9 heteroatoms. The monoisotopic (exact) mass is 377 g/mol. The molecule has 2 saturated heterocycles. The molecule has 2 heterocycles. The Balaban J connectivity index is 1.49. The van der Waals surface area contributed by atoms with Gasteiger partial charge in [0.2, 0.25) is 0 Å². The van der Waals surface area contributed by atoms with Crippen molar-refractivity contribution in [3.05, 3.63) is 34.4 Å². The molecule has 0 N–H and O–H groups in total. The Labute approximate surface area is 157 Å². The van der Waals surface area contributed by atoms with Crippen LogP contribution in [0.25, 0.3) is 0 Å². The third-order valence-electron chi connectivity index (χ3n) is 4.82. The fourth-order valence-electron chi connectivity index (χ4n) is 3.28. The van der Waals surface area contributed by atoms with Gasteiger partial charge in [0.1, 0.15) is 11.9 Å². The first kappa shape index (κ1) is 19.1. The van der Waals surface area contributed by atoms with E-state index < -0.39 is 11.0 Å². The van der Waals surface area contributed by atoms with Crippen LogP contribution in [-0.2, 0) is 14.3 Å². The molecular formula is C18H23N3O6. The van der Waals surface area contributed by atoms with E-state index in [2.05, 4.69) is 0 Å². The molecule has 3 rings (SSSR count). The zero-order valence-electron chi connectivity index (χ0n) is 15.2. The average Bonchev–Trinajstić information content (AvgIpc) is 3.22. The molecule has 1 aromatic carbocycles. The number of carbonyl (C=O) groups excluding carboxylic acids is 2. The average molecular weight is 377 g/mol. The standard InChI is InChI=1S/C18H23N3O6/c1-13(27-15-6-4-14(5-7-15)21(24)25)17(22)19-8-10-20(11-9-19)18(23)16-3-2-12-26-16/h4-7,13,16H,2-3,8-12H2,1H3/t13-,16-/m1/s1. The van der Waals surface area contributed by atoms with Crippen molar-refractivity contribution in [2.75, 3.05) is 32.8 Å². The SMILES string of the molecule is C[C@@H](Oc1ccc([N+](=O)[O-])cc1)C(=O)N1CCN(C(=O)[C@H]2CCCO2)CC1. The summed E-state index contributed by atoms with van der Waals surface area (Å²) in [6, 6.07) is 5.62. The molecule has 2 atom stereocenters. The summed E-state index contributed by atoms with van der Waals surface area (Å²) < 4.78 is 11.0. The first-order valence-corrected chi connectivity index (χ1v) is 9.06. The minimum atomic E-state index is -0.716. The Morgan fingerprint density at radius 1 is 1.19 bits per heavy atom. The Kier molecular flexibility index (Phi) is 5.90. The topological polar surface area (TPSA) is 102 Å². The number of amides is 2. The van der Waals surface area contributed by atoms with E-state index in [0.717, 1.165) is 12.8 Å². The number of ether oxygens (including phenoxy) is 2. The molecule has 0 aromatic heterocycles. The van der Waals surface area contributed by atoms with Crippen LogP contribution in [0.2, 0.25) is 0 Å². The molecule has 27 heavy (non-hydrogen) atoms. The first-order valence-electron chi connectivity index (χ1n) is 9.06. The number of rotatable bonds is 5. The zero-order valence-corrected chi connectivity index (χ0v) is 15.2. The van der Waals surface area contributed by atoms with Crippen molar-refractivity contribution in [2.45, 2.75) is 32.0 Å². The maximum atomic E-state index is 12.6. The maximum absolute atomic E-state index is 12.6. The van der Waals surface area contributed by atoms with Gasteiger partial charge in [0.15, 0.2) is 6.10 Å². The van der Waals surface area contributed by atoms with Crippen LogP contribution in [0.4, 0.5) is 5.69 Å². The Morgan fingerprint density at radius 2 is 1.81 bits per heavy atom. The predicted molar refractivity (Wildman–Crippen MR) is 95.3 cm³/mol. The van der Waals surface area contributed by atoms with E-state index >= 15 is 0 Å². The number of nitrogens with zero attached hydrogens (tertiary/aromatic N) is 3. The van der Waals surface area contributed by atoms with Crippen LogP contribution >= 0.6 is 0 Å². The van der Waals surface area contributed by atoms with Gasteiger partial charge in [-0.1, -0.05) is 0 Å². The first-order chi connectivity index (χ1) is 13.0. The summed E-state index contributed by atoms with van der Waals surface area (Å²) in [7, 11) is 0. The summed E-state index contributed by atoms with van der Waals surface area (Å²) in [5.41, 5.74) is -0.0339. The highest BCUT2D eigenvalue weighted by molar-refractivity contribution is 5.83. The van der Waals surface area contributed by atoms with Gasteiger partial charge in [0.05, 0.1) is 4.92 Å². The lowest BCUT2D eigenvalue weighted by molar-refractivity contribution is -0.384. The predicted octanol–water partition coefficient (Wildman–Crippen LogP) is 1.21. The number of piperazine rings is 1. The molecule has 0 saturated carbocycles. The summed E-state index contributed by atoms with van der Waals surface area (Å²) in [6.45, 7) is 4.14. The number of carbonyl (C=O) groups is 2. The minimum Gasteiger partial charge on any atom is -0.481 e. The fraction of sp³-hybridized carbons (Fsp3) is 0.556. The van der Waals surface area contributed by atoms with Gasteiger partial charge in [-0.3, -0.25) is 19.7 Å². The van der Waals surface area contributed by atoms with Crippen molar-refractivity contribution < 1.29 is 24.0 Å². The highest BCUT2D eigenvalue weighted by Crippen LogP contribution is 2.20. The molecule has 0 radical (unpaired) electrons. The molecule has 2 aliphatic heterocycles. The molecule has 0 unspecified atom stereocenters. The highest BCUT2D eigenvalue weighted by atomic mass is 16.6. The largest absolute Gasteiger partial charge is 0.481 e. The normalized spacial score (nSPS) is 21.0. The van der Waals surface area contributed by atoms with Gasteiger partial charge in [0.25, 0.3) is 17.5 Å². The molecule has 0 aliphatic carbocycles. The molecule has 9 nitrogen and oxygen atoms in total. The Morgan fingerprint density at radius 3 is 2.37 bits per heavy atom. The van der Waals surface area contributed by atoms with Gasteiger partial charge in [0, 0.05) is 44.9 Å². The molecule has 2 amide bonds. The fourth-order valence-corrected chi connectivity index (χ4v) is 3.28. The van der Waals surface area contributed by atoms with Crippen LogP contribution in [-0.4, -0.2) is 71.5 Å². The maximum Gasteiger partial charge on any atom is 0.269 e. The number of nitro groups is 1. The third kappa shape index (κ3) is 4.54. The van der Waals surface area contributed by atoms with Gasteiger partial charge in [-0.2, -0.15) is 0 Å². The van der Waals surface area contributed by atoms with Crippen LogP contribution in [0.3, 0.4) is 0 Å². The lowest BCUT2D eigenvalue weighted by Crippen LogP contribution is -2.54. The molecule has 146 valence electrons. The molecule has 2 aliphatic rings. The summed E-state index contributed by atoms with van der Waals surface area (Å²) in [4.78, 5) is 38.5. The highest BCUT2D eigenvalue weighted by Gasteiger charge is 2.32. The molecule has 1 aromatic rings. The second-order valence-electron chi connectivity index (χ2n) is 6.66.